The smallest absolute Gasteiger partial charge is 0.335 e. The maximum Gasteiger partial charge on any atom is 0.335 e. The van der Waals surface area contributed by atoms with Crippen molar-refractivity contribution in [2.24, 2.45) is 5.92 Å². The van der Waals surface area contributed by atoms with E-state index in [1.54, 1.807) is 7.11 Å². The highest BCUT2D eigenvalue weighted by Gasteiger charge is 2.48. The predicted octanol–water partition coefficient (Wildman–Crippen LogP) is 3.29. The molecule has 0 amide bonds. The van der Waals surface area contributed by atoms with Crippen LogP contribution < -0.4 is 9.47 Å². The van der Waals surface area contributed by atoms with Gasteiger partial charge in [0, 0.05) is 7.11 Å². The van der Waals surface area contributed by atoms with Crippen LogP contribution in [0.4, 0.5) is 0 Å². The van der Waals surface area contributed by atoms with Gasteiger partial charge in [0.25, 0.3) is 0 Å². The maximum absolute atomic E-state index is 11.6. The third kappa shape index (κ3) is 3.36. The predicted molar refractivity (Wildman–Crippen MR) is 94.3 cm³/mol. The second-order valence-corrected chi connectivity index (χ2v) is 7.32. The molecule has 6 nitrogen and oxygen atoms in total. The van der Waals surface area contributed by atoms with E-state index in [-0.39, 0.29) is 0 Å². The van der Waals surface area contributed by atoms with Crippen LogP contribution in [0.5, 0.6) is 11.5 Å². The Bertz CT molecular complexity index is 711. The Hall–Kier alpha value is -2.26. The number of carboxylic acids is 1. The molecule has 0 aromatic heterocycles. The summed E-state index contributed by atoms with van der Waals surface area (Å²) in [6.07, 6.45) is 3.85. The first-order valence-electron chi connectivity index (χ1n) is 9.00. The minimum absolute atomic E-state index is 0.302. The first kappa shape index (κ1) is 18.5. The fourth-order valence-corrected chi connectivity index (χ4v) is 3.63. The van der Waals surface area contributed by atoms with Crippen LogP contribution in [-0.2, 0) is 14.9 Å². The summed E-state index contributed by atoms with van der Waals surface area (Å²) in [5.74, 6) is 0.944. The van der Waals surface area contributed by atoms with Crippen LogP contribution in [0.15, 0.2) is 18.2 Å². The normalized spacial score (nSPS) is 28.2. The molecule has 140 valence electrons. The Morgan fingerprint density at radius 1 is 1.23 bits per heavy atom. The van der Waals surface area contributed by atoms with Gasteiger partial charge in [-0.2, -0.15) is 5.26 Å². The first-order chi connectivity index (χ1) is 12.5. The van der Waals surface area contributed by atoms with Gasteiger partial charge < -0.3 is 19.3 Å². The van der Waals surface area contributed by atoms with E-state index in [2.05, 4.69) is 6.07 Å². The molecule has 6 heteroatoms. The van der Waals surface area contributed by atoms with E-state index in [1.165, 1.54) is 20.0 Å². The van der Waals surface area contributed by atoms with Crippen LogP contribution in [-0.4, -0.2) is 37.5 Å². The summed E-state index contributed by atoms with van der Waals surface area (Å²) < 4.78 is 16.6. The Kier molecular flexibility index (Phi) is 5.10. The summed E-state index contributed by atoms with van der Waals surface area (Å²) in [7, 11) is 3.02. The number of aliphatic carboxylic acids is 1. The van der Waals surface area contributed by atoms with Crippen LogP contribution in [0.1, 0.15) is 44.1 Å². The van der Waals surface area contributed by atoms with E-state index in [0.717, 1.165) is 5.56 Å². The number of carbonyl (C=O) groups is 1. The maximum atomic E-state index is 11.6. The molecule has 2 aliphatic rings. The van der Waals surface area contributed by atoms with Gasteiger partial charge in [0.1, 0.15) is 0 Å². The molecule has 0 atom stereocenters. The lowest BCUT2D eigenvalue weighted by molar-refractivity contribution is -0.167. The number of rotatable bonds is 7. The van der Waals surface area contributed by atoms with Gasteiger partial charge in [-0.3, -0.25) is 0 Å². The van der Waals surface area contributed by atoms with Crippen molar-refractivity contribution in [1.29, 1.82) is 5.26 Å². The molecule has 0 aliphatic heterocycles. The third-order valence-electron chi connectivity index (χ3n) is 5.79. The van der Waals surface area contributed by atoms with E-state index in [9.17, 15) is 15.2 Å². The quantitative estimate of drug-likeness (QED) is 0.803. The molecule has 2 fully saturated rings. The molecule has 0 unspecified atom stereocenters. The number of ether oxygens (including phenoxy) is 3. The monoisotopic (exact) mass is 359 g/mol. The minimum atomic E-state index is -1.20. The molecule has 0 radical (unpaired) electrons. The van der Waals surface area contributed by atoms with Crippen molar-refractivity contribution in [1.82, 2.24) is 0 Å². The third-order valence-corrected chi connectivity index (χ3v) is 5.79. The van der Waals surface area contributed by atoms with Crippen LogP contribution in [0.25, 0.3) is 0 Å². The number of methoxy groups -OCH3 is 2. The topological polar surface area (TPSA) is 88.8 Å². The SMILES string of the molecule is COc1ccc([C@]2(C#N)CC[C@](OC)(C(=O)O)CC2)cc1OCC1CC1. The van der Waals surface area contributed by atoms with Gasteiger partial charge in [0.05, 0.1) is 25.2 Å². The van der Waals surface area contributed by atoms with Gasteiger partial charge in [-0.15, -0.1) is 0 Å². The number of benzene rings is 1. The molecule has 0 heterocycles. The molecular formula is C20H25NO5. The molecule has 26 heavy (non-hydrogen) atoms. The zero-order valence-electron chi connectivity index (χ0n) is 15.3. The van der Waals surface area contributed by atoms with Crippen molar-refractivity contribution < 1.29 is 24.1 Å². The fourth-order valence-electron chi connectivity index (χ4n) is 3.63. The Balaban J connectivity index is 1.85. The average Bonchev–Trinajstić information content (AvgIpc) is 3.50. The summed E-state index contributed by atoms with van der Waals surface area (Å²) in [6.45, 7) is 0.658. The van der Waals surface area contributed by atoms with E-state index in [4.69, 9.17) is 14.2 Å². The highest BCUT2D eigenvalue weighted by atomic mass is 16.5. The molecule has 0 saturated heterocycles. The second-order valence-electron chi connectivity index (χ2n) is 7.32. The molecule has 1 aromatic rings. The lowest BCUT2D eigenvalue weighted by Gasteiger charge is -2.40. The molecule has 2 aliphatic carbocycles. The van der Waals surface area contributed by atoms with Gasteiger partial charge in [0.15, 0.2) is 17.1 Å². The van der Waals surface area contributed by atoms with Crippen LogP contribution in [0.2, 0.25) is 0 Å². The van der Waals surface area contributed by atoms with Gasteiger partial charge in [-0.05, 0) is 62.1 Å². The summed E-state index contributed by atoms with van der Waals surface area (Å²) >= 11 is 0. The molecule has 1 aromatic carbocycles. The summed E-state index contributed by atoms with van der Waals surface area (Å²) in [4.78, 5) is 11.6. The van der Waals surface area contributed by atoms with Gasteiger partial charge >= 0.3 is 5.97 Å². The highest BCUT2D eigenvalue weighted by Crippen LogP contribution is 2.46. The minimum Gasteiger partial charge on any atom is -0.493 e. The number of carboxylic acid groups (broad SMARTS) is 1. The lowest BCUT2D eigenvalue weighted by Crippen LogP contribution is -2.47. The van der Waals surface area contributed by atoms with Crippen molar-refractivity contribution in [3.8, 4) is 17.6 Å². The zero-order chi connectivity index (χ0) is 18.8. The second kappa shape index (κ2) is 7.16. The van der Waals surface area contributed by atoms with Crippen molar-refractivity contribution in [3.63, 3.8) is 0 Å². The molecule has 2 saturated carbocycles. The highest BCUT2D eigenvalue weighted by molar-refractivity contribution is 5.77. The van der Waals surface area contributed by atoms with Crippen LogP contribution in [0.3, 0.4) is 0 Å². The molecule has 1 N–H and O–H groups in total. The number of hydrogen-bond acceptors (Lipinski definition) is 5. The van der Waals surface area contributed by atoms with Gasteiger partial charge in [-0.1, -0.05) is 6.07 Å². The average molecular weight is 359 g/mol. The largest absolute Gasteiger partial charge is 0.493 e. The molecule has 0 spiro atoms. The number of nitrogens with zero attached hydrogens (tertiary/aromatic N) is 1. The molecule has 0 bridgehead atoms. The van der Waals surface area contributed by atoms with Crippen molar-refractivity contribution in [2.45, 2.75) is 49.5 Å². The van der Waals surface area contributed by atoms with Crippen molar-refractivity contribution >= 4 is 5.97 Å². The summed E-state index contributed by atoms with van der Waals surface area (Å²) in [5, 5.41) is 19.4. The van der Waals surface area contributed by atoms with Gasteiger partial charge in [0.2, 0.25) is 0 Å². The number of nitriles is 1. The summed E-state index contributed by atoms with van der Waals surface area (Å²) in [6, 6.07) is 8.02. The van der Waals surface area contributed by atoms with Crippen molar-refractivity contribution in [3.05, 3.63) is 23.8 Å². The Morgan fingerprint density at radius 3 is 2.42 bits per heavy atom. The van der Waals surface area contributed by atoms with E-state index in [1.807, 2.05) is 18.2 Å². The van der Waals surface area contributed by atoms with E-state index in [0.29, 0.717) is 49.7 Å². The molecular weight excluding hydrogens is 334 g/mol. The summed E-state index contributed by atoms with van der Waals surface area (Å²) in [5.41, 5.74) is -1.08. The number of hydrogen-bond donors (Lipinski definition) is 1. The Labute approximate surface area is 153 Å². The lowest BCUT2D eigenvalue weighted by atomic mass is 9.66. The molecule has 3 rings (SSSR count). The fraction of sp³-hybridized carbons (Fsp3) is 0.600. The van der Waals surface area contributed by atoms with Crippen LogP contribution in [0, 0.1) is 17.2 Å². The van der Waals surface area contributed by atoms with Crippen molar-refractivity contribution in [2.75, 3.05) is 20.8 Å². The Morgan fingerprint density at radius 2 is 1.92 bits per heavy atom. The standard InChI is InChI=1S/C20H25NO5/c1-24-16-6-5-15(11-17(16)26-12-14-3-4-14)19(13-21)7-9-20(25-2,10-8-19)18(22)23/h5-6,11,14H,3-4,7-10,12H2,1-2H3,(H,22,23)/t19-,20-. The van der Waals surface area contributed by atoms with E-state index >= 15 is 0 Å². The zero-order valence-corrected chi connectivity index (χ0v) is 15.3. The van der Waals surface area contributed by atoms with Crippen LogP contribution >= 0.6 is 0 Å². The van der Waals surface area contributed by atoms with E-state index < -0.39 is 17.0 Å². The van der Waals surface area contributed by atoms with Gasteiger partial charge in [-0.25, -0.2) is 4.79 Å². The first-order valence-corrected chi connectivity index (χ1v) is 9.00.